The van der Waals surface area contributed by atoms with Gasteiger partial charge in [0.15, 0.2) is 0 Å². The summed E-state index contributed by atoms with van der Waals surface area (Å²) in [4.78, 5) is 0. The van der Waals surface area contributed by atoms with E-state index in [9.17, 15) is 8.42 Å². The molecule has 1 unspecified atom stereocenters. The highest BCUT2D eigenvalue weighted by molar-refractivity contribution is 7.87. The maximum atomic E-state index is 11.8. The van der Waals surface area contributed by atoms with Crippen molar-refractivity contribution >= 4 is 10.2 Å². The summed E-state index contributed by atoms with van der Waals surface area (Å²) in [6, 6.07) is 0.0871. The third kappa shape index (κ3) is 4.37. The van der Waals surface area contributed by atoms with Crippen molar-refractivity contribution in [1.29, 1.82) is 0 Å². The average molecular weight is 249 g/mol. The zero-order valence-corrected chi connectivity index (χ0v) is 10.8. The normalized spacial score (nSPS) is 20.9. The molecule has 0 aliphatic carbocycles. The van der Waals surface area contributed by atoms with Gasteiger partial charge in [-0.15, -0.1) is 0 Å². The Morgan fingerprint density at radius 1 is 1.31 bits per heavy atom. The molecule has 3 N–H and O–H groups in total. The summed E-state index contributed by atoms with van der Waals surface area (Å²) in [7, 11) is -3.26. The zero-order valence-electron chi connectivity index (χ0n) is 9.98. The predicted molar refractivity (Wildman–Crippen MR) is 65.2 cm³/mol. The fourth-order valence-electron chi connectivity index (χ4n) is 1.77. The van der Waals surface area contributed by atoms with Crippen LogP contribution in [0.1, 0.15) is 39.0 Å². The first-order valence-corrected chi connectivity index (χ1v) is 7.50. The van der Waals surface area contributed by atoms with Gasteiger partial charge >= 0.3 is 0 Å². The minimum atomic E-state index is -3.26. The lowest BCUT2D eigenvalue weighted by Crippen LogP contribution is -2.44. The Bertz CT molecular complexity index is 286. The van der Waals surface area contributed by atoms with E-state index >= 15 is 0 Å². The number of nitrogens with one attached hydrogen (secondary N) is 1. The van der Waals surface area contributed by atoms with Crippen molar-refractivity contribution in [2.75, 3.05) is 19.6 Å². The lowest BCUT2D eigenvalue weighted by molar-refractivity contribution is 0.341. The topological polar surface area (TPSA) is 75.4 Å². The van der Waals surface area contributed by atoms with Gasteiger partial charge in [-0.05, 0) is 25.7 Å². The first kappa shape index (κ1) is 13.9. The summed E-state index contributed by atoms with van der Waals surface area (Å²) in [5.41, 5.74) is 5.73. The fourth-order valence-corrected chi connectivity index (χ4v) is 3.07. The highest BCUT2D eigenvalue weighted by Gasteiger charge is 2.22. The molecule has 6 heteroatoms. The molecular weight excluding hydrogens is 226 g/mol. The summed E-state index contributed by atoms with van der Waals surface area (Å²) >= 11 is 0. The maximum Gasteiger partial charge on any atom is 0.279 e. The molecule has 0 aromatic rings. The summed E-state index contributed by atoms with van der Waals surface area (Å²) in [6.07, 6.45) is 4.65. The van der Waals surface area contributed by atoms with Crippen LogP contribution in [0, 0.1) is 0 Å². The summed E-state index contributed by atoms with van der Waals surface area (Å²) < 4.78 is 27.8. The van der Waals surface area contributed by atoms with E-state index in [-0.39, 0.29) is 6.04 Å². The molecule has 1 aliphatic rings. The monoisotopic (exact) mass is 249 g/mol. The molecule has 0 bridgehead atoms. The predicted octanol–water partition coefficient (Wildman–Crippen LogP) is 0.434. The Labute approximate surface area is 98.6 Å². The highest BCUT2D eigenvalue weighted by atomic mass is 32.2. The van der Waals surface area contributed by atoms with Crippen LogP contribution in [0.2, 0.25) is 0 Å². The van der Waals surface area contributed by atoms with Gasteiger partial charge in [0.25, 0.3) is 10.2 Å². The van der Waals surface area contributed by atoms with Gasteiger partial charge in [0.05, 0.1) is 0 Å². The van der Waals surface area contributed by atoms with E-state index in [2.05, 4.69) is 4.72 Å². The van der Waals surface area contributed by atoms with E-state index in [4.69, 9.17) is 5.73 Å². The van der Waals surface area contributed by atoms with E-state index in [0.29, 0.717) is 26.1 Å². The van der Waals surface area contributed by atoms with Gasteiger partial charge in [0.2, 0.25) is 0 Å². The minimum absolute atomic E-state index is 0.0871. The second kappa shape index (κ2) is 6.54. The van der Waals surface area contributed by atoms with E-state index in [1.165, 1.54) is 4.31 Å². The molecule has 1 fully saturated rings. The van der Waals surface area contributed by atoms with Gasteiger partial charge in [0, 0.05) is 25.7 Å². The minimum Gasteiger partial charge on any atom is -0.328 e. The highest BCUT2D eigenvalue weighted by Crippen LogP contribution is 2.11. The summed E-state index contributed by atoms with van der Waals surface area (Å²) in [6.45, 7) is 3.74. The maximum absolute atomic E-state index is 11.8. The van der Waals surface area contributed by atoms with Crippen molar-refractivity contribution in [3.05, 3.63) is 0 Å². The lowest BCUT2D eigenvalue weighted by Gasteiger charge is -2.26. The molecule has 1 aliphatic heterocycles. The quantitative estimate of drug-likeness (QED) is 0.717. The van der Waals surface area contributed by atoms with Crippen LogP contribution < -0.4 is 10.5 Å². The Morgan fingerprint density at radius 2 is 1.94 bits per heavy atom. The van der Waals surface area contributed by atoms with Crippen molar-refractivity contribution in [3.63, 3.8) is 0 Å². The number of rotatable bonds is 6. The molecule has 1 rings (SSSR count). The number of hydrogen-bond donors (Lipinski definition) is 2. The Hall–Kier alpha value is -0.170. The van der Waals surface area contributed by atoms with Gasteiger partial charge in [-0.1, -0.05) is 13.3 Å². The first-order valence-electron chi connectivity index (χ1n) is 6.06. The van der Waals surface area contributed by atoms with E-state index in [0.717, 1.165) is 25.7 Å². The average Bonchev–Trinajstić information content (AvgIpc) is 2.30. The van der Waals surface area contributed by atoms with Crippen molar-refractivity contribution < 1.29 is 8.42 Å². The standard InChI is InChI=1S/C10H23N3O2S/c1-2-10(11)6-7-12-16(14,15)13-8-4-3-5-9-13/h10,12H,2-9,11H2,1H3. The van der Waals surface area contributed by atoms with Gasteiger partial charge in [0.1, 0.15) is 0 Å². The van der Waals surface area contributed by atoms with E-state index in [1.54, 1.807) is 0 Å². The van der Waals surface area contributed by atoms with Gasteiger partial charge in [-0.3, -0.25) is 0 Å². The van der Waals surface area contributed by atoms with E-state index < -0.39 is 10.2 Å². The van der Waals surface area contributed by atoms with Crippen molar-refractivity contribution in [2.24, 2.45) is 5.73 Å². The number of nitrogens with two attached hydrogens (primary N) is 1. The molecule has 0 saturated carbocycles. The SMILES string of the molecule is CCC(N)CCNS(=O)(=O)N1CCCCC1. The molecule has 1 atom stereocenters. The molecule has 0 amide bonds. The molecule has 16 heavy (non-hydrogen) atoms. The molecule has 0 aromatic heterocycles. The summed E-state index contributed by atoms with van der Waals surface area (Å²) in [5, 5.41) is 0. The van der Waals surface area contributed by atoms with Crippen LogP contribution in [0.15, 0.2) is 0 Å². The fraction of sp³-hybridized carbons (Fsp3) is 1.00. The largest absolute Gasteiger partial charge is 0.328 e. The molecule has 5 nitrogen and oxygen atoms in total. The molecule has 0 aromatic carbocycles. The molecule has 1 heterocycles. The van der Waals surface area contributed by atoms with Gasteiger partial charge in [-0.25, -0.2) is 4.72 Å². The van der Waals surface area contributed by atoms with Crippen LogP contribution in [0.4, 0.5) is 0 Å². The molecule has 1 saturated heterocycles. The van der Waals surface area contributed by atoms with Crippen LogP contribution in [0.3, 0.4) is 0 Å². The third-order valence-electron chi connectivity index (χ3n) is 2.98. The number of hydrogen-bond acceptors (Lipinski definition) is 3. The van der Waals surface area contributed by atoms with Gasteiger partial charge in [-0.2, -0.15) is 12.7 Å². The van der Waals surface area contributed by atoms with Crippen molar-refractivity contribution in [3.8, 4) is 0 Å². The van der Waals surface area contributed by atoms with Crippen LogP contribution in [-0.2, 0) is 10.2 Å². The number of nitrogens with zero attached hydrogens (tertiary/aromatic N) is 1. The third-order valence-corrected chi connectivity index (χ3v) is 4.59. The van der Waals surface area contributed by atoms with Crippen molar-refractivity contribution in [2.45, 2.75) is 45.1 Å². The number of piperidine rings is 1. The zero-order chi connectivity index (χ0) is 12.0. The second-order valence-corrected chi connectivity index (χ2v) is 6.07. The Morgan fingerprint density at radius 3 is 2.50 bits per heavy atom. The lowest BCUT2D eigenvalue weighted by atomic mass is 10.2. The Kier molecular flexibility index (Phi) is 5.68. The first-order chi connectivity index (χ1) is 7.56. The molecule has 96 valence electrons. The molecule has 0 radical (unpaired) electrons. The second-order valence-electron chi connectivity index (χ2n) is 4.32. The van der Waals surface area contributed by atoms with E-state index in [1.807, 2.05) is 6.92 Å². The Balaban J connectivity index is 2.33. The van der Waals surface area contributed by atoms with Crippen molar-refractivity contribution in [1.82, 2.24) is 9.03 Å². The van der Waals surface area contributed by atoms with Crippen LogP contribution in [-0.4, -0.2) is 38.4 Å². The van der Waals surface area contributed by atoms with Gasteiger partial charge < -0.3 is 5.73 Å². The summed E-state index contributed by atoms with van der Waals surface area (Å²) in [5.74, 6) is 0. The van der Waals surface area contributed by atoms with Crippen LogP contribution >= 0.6 is 0 Å². The van der Waals surface area contributed by atoms with Crippen LogP contribution in [0.5, 0.6) is 0 Å². The van der Waals surface area contributed by atoms with Crippen LogP contribution in [0.25, 0.3) is 0 Å². The molecule has 0 spiro atoms. The smallest absolute Gasteiger partial charge is 0.279 e. The molecular formula is C10H23N3O2S.